The zero-order chi connectivity index (χ0) is 17.0. The van der Waals surface area contributed by atoms with E-state index in [1.807, 2.05) is 39.0 Å². The number of benzene rings is 1. The number of hydrogen-bond acceptors (Lipinski definition) is 5. The first kappa shape index (κ1) is 17.4. The average Bonchev–Trinajstić information content (AvgIpc) is 2.43. The summed E-state index contributed by atoms with van der Waals surface area (Å²) < 4.78 is 15.9. The Labute approximate surface area is 137 Å². The van der Waals surface area contributed by atoms with Crippen molar-refractivity contribution in [2.75, 3.05) is 27.3 Å². The molecular weight excluding hydrogens is 296 g/mol. The van der Waals surface area contributed by atoms with Crippen molar-refractivity contribution in [3.05, 3.63) is 23.8 Å². The van der Waals surface area contributed by atoms with Crippen molar-refractivity contribution in [2.24, 2.45) is 0 Å². The highest BCUT2D eigenvalue weighted by Gasteiger charge is 2.33. The molecule has 0 spiro atoms. The molecule has 6 heteroatoms. The van der Waals surface area contributed by atoms with Crippen molar-refractivity contribution in [1.82, 2.24) is 10.2 Å². The van der Waals surface area contributed by atoms with Crippen molar-refractivity contribution < 1.29 is 19.0 Å². The van der Waals surface area contributed by atoms with Crippen LogP contribution in [-0.4, -0.2) is 49.9 Å². The Kier molecular flexibility index (Phi) is 5.36. The van der Waals surface area contributed by atoms with Crippen LogP contribution in [0.15, 0.2) is 18.2 Å². The highest BCUT2D eigenvalue weighted by Crippen LogP contribution is 2.23. The Morgan fingerprint density at radius 1 is 1.17 bits per heavy atom. The summed E-state index contributed by atoms with van der Waals surface area (Å²) in [6, 6.07) is 6.07. The minimum absolute atomic E-state index is 0.251. The fraction of sp³-hybridized carbons (Fsp3) is 0.588. The average molecular weight is 322 g/mol. The third kappa shape index (κ3) is 5.03. The second-order valence-corrected chi connectivity index (χ2v) is 6.68. The van der Waals surface area contributed by atoms with E-state index in [9.17, 15) is 4.79 Å². The number of methoxy groups -OCH3 is 2. The van der Waals surface area contributed by atoms with Crippen molar-refractivity contribution in [3.63, 3.8) is 0 Å². The normalized spacial score (nSPS) is 15.1. The van der Waals surface area contributed by atoms with Gasteiger partial charge in [0.15, 0.2) is 0 Å². The van der Waals surface area contributed by atoms with Gasteiger partial charge in [0.25, 0.3) is 0 Å². The molecule has 0 saturated carbocycles. The maximum Gasteiger partial charge on any atom is 0.410 e. The lowest BCUT2D eigenvalue weighted by Gasteiger charge is -2.40. The second-order valence-electron chi connectivity index (χ2n) is 6.68. The van der Waals surface area contributed by atoms with Crippen LogP contribution in [0.3, 0.4) is 0 Å². The molecule has 0 bridgehead atoms. The van der Waals surface area contributed by atoms with Crippen molar-refractivity contribution in [2.45, 2.75) is 39.0 Å². The first-order valence-corrected chi connectivity index (χ1v) is 7.74. The number of amides is 1. The van der Waals surface area contributed by atoms with Crippen LogP contribution in [-0.2, 0) is 11.3 Å². The molecule has 1 saturated heterocycles. The number of hydrogen-bond donors (Lipinski definition) is 1. The van der Waals surface area contributed by atoms with E-state index >= 15 is 0 Å². The fourth-order valence-electron chi connectivity index (χ4n) is 2.31. The highest BCUT2D eigenvalue weighted by atomic mass is 16.6. The minimum atomic E-state index is -0.452. The van der Waals surface area contributed by atoms with Crippen molar-refractivity contribution in [1.29, 1.82) is 0 Å². The van der Waals surface area contributed by atoms with Crippen LogP contribution in [0.4, 0.5) is 4.79 Å². The van der Waals surface area contributed by atoms with E-state index in [-0.39, 0.29) is 12.1 Å². The molecule has 0 atom stereocenters. The Hall–Kier alpha value is -1.95. The first-order chi connectivity index (χ1) is 10.8. The van der Waals surface area contributed by atoms with Gasteiger partial charge in [0.05, 0.1) is 14.2 Å². The summed E-state index contributed by atoms with van der Waals surface area (Å²) in [7, 11) is 3.27. The van der Waals surface area contributed by atoms with E-state index in [0.29, 0.717) is 19.6 Å². The largest absolute Gasteiger partial charge is 0.497 e. The van der Waals surface area contributed by atoms with E-state index in [1.165, 1.54) is 0 Å². The van der Waals surface area contributed by atoms with Crippen molar-refractivity contribution >= 4 is 6.09 Å². The lowest BCUT2D eigenvalue weighted by Crippen LogP contribution is -2.60. The number of nitrogens with zero attached hydrogens (tertiary/aromatic N) is 1. The molecule has 0 aliphatic carbocycles. The van der Waals surface area contributed by atoms with E-state index in [1.54, 1.807) is 19.1 Å². The second kappa shape index (κ2) is 7.08. The Balaban J connectivity index is 1.80. The van der Waals surface area contributed by atoms with E-state index < -0.39 is 5.60 Å². The van der Waals surface area contributed by atoms with Crippen LogP contribution in [0.25, 0.3) is 0 Å². The van der Waals surface area contributed by atoms with Crippen LogP contribution in [0.2, 0.25) is 0 Å². The Bertz CT molecular complexity index is 526. The number of nitrogens with one attached hydrogen (secondary N) is 1. The molecule has 1 amide bonds. The molecule has 0 unspecified atom stereocenters. The van der Waals surface area contributed by atoms with Gasteiger partial charge >= 0.3 is 6.09 Å². The number of carbonyl (C=O) groups excluding carboxylic acids is 1. The quantitative estimate of drug-likeness (QED) is 0.902. The molecule has 0 radical (unpaired) electrons. The van der Waals surface area contributed by atoms with Crippen LogP contribution >= 0.6 is 0 Å². The molecular formula is C17H26N2O4. The summed E-state index contributed by atoms with van der Waals surface area (Å²) in [5.74, 6) is 1.54. The maximum atomic E-state index is 11.9. The summed E-state index contributed by atoms with van der Waals surface area (Å²) in [6.07, 6.45) is -0.251. The lowest BCUT2D eigenvalue weighted by molar-refractivity contribution is 0.00519. The summed E-state index contributed by atoms with van der Waals surface area (Å²) in [5, 5.41) is 3.43. The van der Waals surface area contributed by atoms with Gasteiger partial charge in [0.2, 0.25) is 0 Å². The summed E-state index contributed by atoms with van der Waals surface area (Å²) >= 11 is 0. The first-order valence-electron chi connectivity index (χ1n) is 7.74. The Morgan fingerprint density at radius 2 is 1.74 bits per heavy atom. The molecule has 1 aromatic rings. The molecule has 1 N–H and O–H groups in total. The molecule has 23 heavy (non-hydrogen) atoms. The third-order valence-electron chi connectivity index (χ3n) is 3.54. The van der Waals surface area contributed by atoms with Crippen LogP contribution in [0, 0.1) is 0 Å². The fourth-order valence-corrected chi connectivity index (χ4v) is 2.31. The molecule has 1 aromatic carbocycles. The van der Waals surface area contributed by atoms with E-state index in [2.05, 4.69) is 5.32 Å². The molecule has 2 rings (SSSR count). The zero-order valence-electron chi connectivity index (χ0n) is 14.5. The monoisotopic (exact) mass is 322 g/mol. The molecule has 1 fully saturated rings. The van der Waals surface area contributed by atoms with Gasteiger partial charge < -0.3 is 24.4 Å². The van der Waals surface area contributed by atoms with Gasteiger partial charge in [-0.25, -0.2) is 4.79 Å². The minimum Gasteiger partial charge on any atom is -0.497 e. The molecule has 6 nitrogen and oxygen atoms in total. The standard InChI is InChI=1S/C17H26N2O4/c1-17(2,3)23-16(20)19-10-13(11-19)18-9-12-6-14(21-4)8-15(7-12)22-5/h6-8,13,18H,9-11H2,1-5H3. The Morgan fingerprint density at radius 3 is 2.22 bits per heavy atom. The number of carbonyl (C=O) groups is 1. The third-order valence-corrected chi connectivity index (χ3v) is 3.54. The van der Waals surface area contributed by atoms with Gasteiger partial charge in [-0.3, -0.25) is 0 Å². The molecule has 1 aliphatic rings. The lowest BCUT2D eigenvalue weighted by atomic mass is 10.1. The highest BCUT2D eigenvalue weighted by molar-refractivity contribution is 5.69. The van der Waals surface area contributed by atoms with Gasteiger partial charge in [0.1, 0.15) is 17.1 Å². The van der Waals surface area contributed by atoms with Crippen LogP contribution < -0.4 is 14.8 Å². The SMILES string of the molecule is COc1cc(CNC2CN(C(=O)OC(C)(C)C)C2)cc(OC)c1. The van der Waals surface area contributed by atoms with Crippen molar-refractivity contribution in [3.8, 4) is 11.5 Å². The summed E-state index contributed by atoms with van der Waals surface area (Å²) in [6.45, 7) is 7.64. The van der Waals surface area contributed by atoms with Gasteiger partial charge in [-0.1, -0.05) is 0 Å². The molecule has 1 aliphatic heterocycles. The summed E-state index contributed by atoms with van der Waals surface area (Å²) in [4.78, 5) is 13.6. The topological polar surface area (TPSA) is 60.0 Å². The maximum absolute atomic E-state index is 11.9. The molecule has 0 aromatic heterocycles. The number of rotatable bonds is 5. The van der Waals surface area contributed by atoms with E-state index in [0.717, 1.165) is 17.1 Å². The zero-order valence-corrected chi connectivity index (χ0v) is 14.5. The van der Waals surface area contributed by atoms with Crippen LogP contribution in [0.1, 0.15) is 26.3 Å². The molecule has 1 heterocycles. The van der Waals surface area contributed by atoms with Crippen LogP contribution in [0.5, 0.6) is 11.5 Å². The number of ether oxygens (including phenoxy) is 3. The van der Waals surface area contributed by atoms with Gasteiger partial charge in [-0.2, -0.15) is 0 Å². The summed E-state index contributed by atoms with van der Waals surface area (Å²) in [5.41, 5.74) is 0.629. The predicted molar refractivity (Wildman–Crippen MR) is 88.0 cm³/mol. The smallest absolute Gasteiger partial charge is 0.410 e. The van der Waals surface area contributed by atoms with Gasteiger partial charge in [-0.15, -0.1) is 0 Å². The van der Waals surface area contributed by atoms with E-state index in [4.69, 9.17) is 14.2 Å². The molecule has 128 valence electrons. The van der Waals surface area contributed by atoms with Gasteiger partial charge in [-0.05, 0) is 38.5 Å². The predicted octanol–water partition coefficient (Wildman–Crippen LogP) is 2.41. The van der Waals surface area contributed by atoms with Gasteiger partial charge in [0, 0.05) is 31.7 Å². The number of likely N-dealkylation sites (tertiary alicyclic amines) is 1.